The first-order valence-electron chi connectivity index (χ1n) is 5.89. The van der Waals surface area contributed by atoms with Crippen molar-refractivity contribution in [3.05, 3.63) is 22.2 Å². The first kappa shape index (κ1) is 12.1. The molecule has 2 nitrogen and oxygen atoms in total. The van der Waals surface area contributed by atoms with E-state index in [1.165, 1.54) is 19.3 Å². The van der Waals surface area contributed by atoms with E-state index in [0.29, 0.717) is 16.2 Å². The first-order valence-corrected chi connectivity index (χ1v) is 6.64. The van der Waals surface area contributed by atoms with Gasteiger partial charge in [0.05, 0.1) is 0 Å². The van der Waals surface area contributed by atoms with Crippen molar-refractivity contribution >= 4 is 23.2 Å². The standard InChI is InChI=1S/C12H16Cl2N2/c1-2-8-3-5-9(6-4-8)12-15-10(13)7-11(14)16-12/h7-9H,2-6H2,1H3. The third-order valence-corrected chi connectivity index (χ3v) is 3.86. The van der Waals surface area contributed by atoms with Crippen LogP contribution in [0.1, 0.15) is 50.8 Å². The highest BCUT2D eigenvalue weighted by atomic mass is 35.5. The predicted octanol–water partition coefficient (Wildman–Crippen LogP) is 4.47. The molecule has 1 fully saturated rings. The molecule has 1 heterocycles. The second kappa shape index (κ2) is 5.33. The fourth-order valence-electron chi connectivity index (χ4n) is 2.42. The van der Waals surface area contributed by atoms with Crippen LogP contribution in [-0.4, -0.2) is 9.97 Å². The van der Waals surface area contributed by atoms with Crippen molar-refractivity contribution in [3.8, 4) is 0 Å². The highest BCUT2D eigenvalue weighted by molar-refractivity contribution is 6.33. The summed E-state index contributed by atoms with van der Waals surface area (Å²) in [5.74, 6) is 2.15. The minimum Gasteiger partial charge on any atom is -0.221 e. The molecule has 0 N–H and O–H groups in total. The van der Waals surface area contributed by atoms with Gasteiger partial charge in [0.1, 0.15) is 16.1 Å². The summed E-state index contributed by atoms with van der Waals surface area (Å²) in [5.41, 5.74) is 0. The summed E-state index contributed by atoms with van der Waals surface area (Å²) in [7, 11) is 0. The number of aromatic nitrogens is 2. The SMILES string of the molecule is CCC1CCC(c2nc(Cl)cc(Cl)n2)CC1. The summed E-state index contributed by atoms with van der Waals surface area (Å²) in [6.45, 7) is 2.26. The van der Waals surface area contributed by atoms with E-state index in [1.54, 1.807) is 6.07 Å². The maximum atomic E-state index is 5.89. The Kier molecular flexibility index (Phi) is 4.04. The maximum Gasteiger partial charge on any atom is 0.134 e. The highest BCUT2D eigenvalue weighted by Crippen LogP contribution is 2.36. The maximum absolute atomic E-state index is 5.89. The Balaban J connectivity index is 2.08. The fourth-order valence-corrected chi connectivity index (χ4v) is 2.85. The summed E-state index contributed by atoms with van der Waals surface area (Å²) in [5, 5.41) is 0.903. The summed E-state index contributed by atoms with van der Waals surface area (Å²) in [4.78, 5) is 8.56. The molecule has 0 amide bonds. The van der Waals surface area contributed by atoms with E-state index in [1.807, 2.05) is 0 Å². The second-order valence-corrected chi connectivity index (χ2v) is 5.27. The van der Waals surface area contributed by atoms with Crippen LogP contribution in [0, 0.1) is 5.92 Å². The van der Waals surface area contributed by atoms with E-state index in [9.17, 15) is 0 Å². The van der Waals surface area contributed by atoms with E-state index in [0.717, 1.165) is 24.6 Å². The van der Waals surface area contributed by atoms with Crippen LogP contribution >= 0.6 is 23.2 Å². The van der Waals surface area contributed by atoms with Crippen LogP contribution in [0.3, 0.4) is 0 Å². The lowest BCUT2D eigenvalue weighted by molar-refractivity contribution is 0.312. The average Bonchev–Trinajstić information content (AvgIpc) is 2.28. The molecule has 0 atom stereocenters. The molecule has 0 radical (unpaired) electrons. The number of hydrogen-bond acceptors (Lipinski definition) is 2. The van der Waals surface area contributed by atoms with Crippen molar-refractivity contribution in [2.45, 2.75) is 44.9 Å². The first-order chi connectivity index (χ1) is 7.69. The van der Waals surface area contributed by atoms with Gasteiger partial charge in [-0.3, -0.25) is 0 Å². The van der Waals surface area contributed by atoms with Gasteiger partial charge in [-0.15, -0.1) is 0 Å². The Bertz CT molecular complexity index is 340. The lowest BCUT2D eigenvalue weighted by Gasteiger charge is -2.26. The molecule has 0 unspecified atom stereocenters. The Morgan fingerprint density at radius 1 is 1.12 bits per heavy atom. The topological polar surface area (TPSA) is 25.8 Å². The molecule has 1 aliphatic rings. The molecule has 0 saturated heterocycles. The Hall–Kier alpha value is -0.340. The molecule has 0 aliphatic heterocycles. The van der Waals surface area contributed by atoms with Crippen LogP contribution in [-0.2, 0) is 0 Å². The lowest BCUT2D eigenvalue weighted by Crippen LogP contribution is -2.14. The minimum atomic E-state index is 0.444. The van der Waals surface area contributed by atoms with E-state index in [4.69, 9.17) is 23.2 Å². The predicted molar refractivity (Wildman–Crippen MR) is 67.0 cm³/mol. The van der Waals surface area contributed by atoms with Crippen LogP contribution in [0.25, 0.3) is 0 Å². The van der Waals surface area contributed by atoms with Crippen LogP contribution in [0.5, 0.6) is 0 Å². The molecule has 4 heteroatoms. The average molecular weight is 259 g/mol. The zero-order valence-corrected chi connectivity index (χ0v) is 10.9. The van der Waals surface area contributed by atoms with Gasteiger partial charge in [-0.2, -0.15) is 0 Å². The van der Waals surface area contributed by atoms with Crippen molar-refractivity contribution in [1.82, 2.24) is 9.97 Å². The van der Waals surface area contributed by atoms with Crippen molar-refractivity contribution in [2.75, 3.05) is 0 Å². The van der Waals surface area contributed by atoms with Crippen LogP contribution in [0.4, 0.5) is 0 Å². The van der Waals surface area contributed by atoms with Crippen molar-refractivity contribution in [1.29, 1.82) is 0 Å². The van der Waals surface area contributed by atoms with Gasteiger partial charge in [0.25, 0.3) is 0 Å². The highest BCUT2D eigenvalue weighted by Gasteiger charge is 2.23. The molecule has 1 aromatic heterocycles. The lowest BCUT2D eigenvalue weighted by atomic mass is 9.80. The molecular weight excluding hydrogens is 243 g/mol. The van der Waals surface area contributed by atoms with E-state index in [2.05, 4.69) is 16.9 Å². The van der Waals surface area contributed by atoms with Crippen molar-refractivity contribution in [3.63, 3.8) is 0 Å². The van der Waals surface area contributed by atoms with Crippen LogP contribution in [0.2, 0.25) is 10.3 Å². The van der Waals surface area contributed by atoms with Gasteiger partial charge >= 0.3 is 0 Å². The quantitative estimate of drug-likeness (QED) is 0.732. The molecule has 16 heavy (non-hydrogen) atoms. The second-order valence-electron chi connectivity index (χ2n) is 4.50. The summed E-state index contributed by atoms with van der Waals surface area (Å²) >= 11 is 11.8. The van der Waals surface area contributed by atoms with Gasteiger partial charge < -0.3 is 0 Å². The molecule has 1 aliphatic carbocycles. The van der Waals surface area contributed by atoms with Gasteiger partial charge in [-0.1, -0.05) is 36.5 Å². The molecule has 1 saturated carbocycles. The molecule has 0 spiro atoms. The van der Waals surface area contributed by atoms with Gasteiger partial charge in [0.2, 0.25) is 0 Å². The number of hydrogen-bond donors (Lipinski definition) is 0. The third-order valence-electron chi connectivity index (χ3n) is 3.47. The fraction of sp³-hybridized carbons (Fsp3) is 0.667. The van der Waals surface area contributed by atoms with E-state index >= 15 is 0 Å². The zero-order chi connectivity index (χ0) is 11.5. The number of halogens is 2. The monoisotopic (exact) mass is 258 g/mol. The molecular formula is C12H16Cl2N2. The van der Waals surface area contributed by atoms with Gasteiger partial charge in [0, 0.05) is 12.0 Å². The third kappa shape index (κ3) is 2.86. The van der Waals surface area contributed by atoms with Crippen molar-refractivity contribution < 1.29 is 0 Å². The molecule has 2 rings (SSSR count). The molecule has 88 valence electrons. The van der Waals surface area contributed by atoms with Gasteiger partial charge in [-0.25, -0.2) is 9.97 Å². The smallest absolute Gasteiger partial charge is 0.134 e. The minimum absolute atomic E-state index is 0.444. The van der Waals surface area contributed by atoms with E-state index < -0.39 is 0 Å². The number of nitrogens with zero attached hydrogens (tertiary/aromatic N) is 2. The Morgan fingerprint density at radius 2 is 1.69 bits per heavy atom. The zero-order valence-electron chi connectivity index (χ0n) is 9.42. The van der Waals surface area contributed by atoms with Crippen LogP contribution < -0.4 is 0 Å². The molecule has 1 aromatic rings. The molecule has 0 bridgehead atoms. The largest absolute Gasteiger partial charge is 0.221 e. The summed E-state index contributed by atoms with van der Waals surface area (Å²) in [6, 6.07) is 1.59. The number of rotatable bonds is 2. The van der Waals surface area contributed by atoms with Gasteiger partial charge in [-0.05, 0) is 31.6 Å². The van der Waals surface area contributed by atoms with Gasteiger partial charge in [0.15, 0.2) is 0 Å². The summed E-state index contributed by atoms with van der Waals surface area (Å²) < 4.78 is 0. The van der Waals surface area contributed by atoms with Crippen molar-refractivity contribution in [2.24, 2.45) is 5.92 Å². The Labute approximate surface area is 106 Å². The Morgan fingerprint density at radius 3 is 2.19 bits per heavy atom. The molecule has 0 aromatic carbocycles. The summed E-state index contributed by atoms with van der Waals surface area (Å²) in [6.07, 6.45) is 6.15. The van der Waals surface area contributed by atoms with E-state index in [-0.39, 0.29) is 0 Å². The van der Waals surface area contributed by atoms with Crippen LogP contribution in [0.15, 0.2) is 6.07 Å². The normalized spacial score (nSPS) is 25.7.